The zero-order valence-corrected chi connectivity index (χ0v) is 13.3. The average Bonchev–Trinajstić information content (AvgIpc) is 2.57. The molecule has 0 amide bonds. The summed E-state index contributed by atoms with van der Waals surface area (Å²) in [6.45, 7) is 1.76. The lowest BCUT2D eigenvalue weighted by Crippen LogP contribution is -2.21. The van der Waals surface area contributed by atoms with E-state index in [0.717, 1.165) is 25.7 Å². The molecule has 1 N–H and O–H groups in total. The number of ether oxygens (including phenoxy) is 1. The highest BCUT2D eigenvalue weighted by Crippen LogP contribution is 2.36. The largest absolute Gasteiger partial charge is 0.478 e. The predicted octanol–water partition coefficient (Wildman–Crippen LogP) is 3.47. The molecular formula is C18H20O5. The highest BCUT2D eigenvalue weighted by molar-refractivity contribution is 6.00. The summed E-state index contributed by atoms with van der Waals surface area (Å²) in [5.41, 5.74) is 0.657. The molecule has 1 aromatic heterocycles. The van der Waals surface area contributed by atoms with E-state index in [1.807, 2.05) is 0 Å². The molecular weight excluding hydrogens is 296 g/mol. The smallest absolute Gasteiger partial charge is 0.339 e. The van der Waals surface area contributed by atoms with E-state index in [1.165, 1.54) is 6.07 Å². The van der Waals surface area contributed by atoms with Crippen molar-refractivity contribution in [3.63, 3.8) is 0 Å². The first-order chi connectivity index (χ1) is 11.0. The third-order valence-electron chi connectivity index (χ3n) is 4.79. The van der Waals surface area contributed by atoms with E-state index in [1.54, 1.807) is 26.2 Å². The number of para-hydroxylation sites is 1. The molecule has 0 atom stereocenters. The maximum absolute atomic E-state index is 12.6. The van der Waals surface area contributed by atoms with Crippen LogP contribution in [-0.2, 0) is 4.74 Å². The van der Waals surface area contributed by atoms with Crippen molar-refractivity contribution < 1.29 is 19.1 Å². The predicted molar refractivity (Wildman–Crippen MR) is 86.2 cm³/mol. The summed E-state index contributed by atoms with van der Waals surface area (Å²) >= 11 is 0. The number of aromatic carboxylic acids is 1. The molecule has 23 heavy (non-hydrogen) atoms. The van der Waals surface area contributed by atoms with Crippen LogP contribution in [0.25, 0.3) is 11.0 Å². The molecule has 1 aromatic carbocycles. The number of carboxylic acids is 1. The van der Waals surface area contributed by atoms with Gasteiger partial charge in [-0.3, -0.25) is 4.79 Å². The van der Waals surface area contributed by atoms with Crippen molar-refractivity contribution in [2.45, 2.75) is 44.6 Å². The van der Waals surface area contributed by atoms with Gasteiger partial charge in [-0.25, -0.2) is 4.79 Å². The highest BCUT2D eigenvalue weighted by atomic mass is 16.5. The third kappa shape index (κ3) is 2.77. The van der Waals surface area contributed by atoms with Crippen molar-refractivity contribution in [1.29, 1.82) is 0 Å². The van der Waals surface area contributed by atoms with Crippen LogP contribution >= 0.6 is 0 Å². The Balaban J connectivity index is 2.11. The van der Waals surface area contributed by atoms with Gasteiger partial charge in [0.2, 0.25) is 0 Å². The van der Waals surface area contributed by atoms with Crippen molar-refractivity contribution in [1.82, 2.24) is 0 Å². The molecule has 1 aliphatic carbocycles. The Morgan fingerprint density at radius 1 is 1.26 bits per heavy atom. The standard InChI is InChI=1S/C18H20O5/c1-10-15(19)13-4-3-5-14(18(20)21)17(13)23-16(10)11-6-8-12(22-2)9-7-11/h3-5,11-12H,6-9H2,1-2H3,(H,20,21). The number of methoxy groups -OCH3 is 1. The summed E-state index contributed by atoms with van der Waals surface area (Å²) in [4.78, 5) is 24.0. The monoisotopic (exact) mass is 316 g/mol. The van der Waals surface area contributed by atoms with Gasteiger partial charge in [0, 0.05) is 18.6 Å². The Kier molecular flexibility index (Phi) is 4.22. The van der Waals surface area contributed by atoms with Crippen molar-refractivity contribution in [2.24, 2.45) is 0 Å². The zero-order valence-electron chi connectivity index (χ0n) is 13.3. The fourth-order valence-corrected chi connectivity index (χ4v) is 3.44. The first-order valence-electron chi connectivity index (χ1n) is 7.85. The quantitative estimate of drug-likeness (QED) is 0.938. The Bertz CT molecular complexity index is 797. The molecule has 0 radical (unpaired) electrons. The van der Waals surface area contributed by atoms with Gasteiger partial charge in [-0.1, -0.05) is 6.07 Å². The van der Waals surface area contributed by atoms with Crippen molar-refractivity contribution in [3.8, 4) is 0 Å². The molecule has 0 aliphatic heterocycles. The van der Waals surface area contributed by atoms with E-state index in [0.29, 0.717) is 16.7 Å². The molecule has 1 aliphatic rings. The van der Waals surface area contributed by atoms with E-state index in [9.17, 15) is 14.7 Å². The molecule has 1 saturated carbocycles. The zero-order chi connectivity index (χ0) is 16.6. The van der Waals surface area contributed by atoms with E-state index in [4.69, 9.17) is 9.15 Å². The molecule has 0 saturated heterocycles. The van der Waals surface area contributed by atoms with Crippen LogP contribution in [0.5, 0.6) is 0 Å². The number of hydrogen-bond donors (Lipinski definition) is 1. The van der Waals surface area contributed by atoms with Gasteiger partial charge in [-0.2, -0.15) is 0 Å². The van der Waals surface area contributed by atoms with Crippen LogP contribution in [0.4, 0.5) is 0 Å². The topological polar surface area (TPSA) is 76.7 Å². The van der Waals surface area contributed by atoms with Crippen LogP contribution in [0.1, 0.15) is 53.3 Å². The van der Waals surface area contributed by atoms with E-state index >= 15 is 0 Å². The average molecular weight is 316 g/mol. The van der Waals surface area contributed by atoms with Crippen LogP contribution < -0.4 is 5.43 Å². The first kappa shape index (κ1) is 15.7. The Morgan fingerprint density at radius 3 is 2.57 bits per heavy atom. The lowest BCUT2D eigenvalue weighted by atomic mass is 9.84. The second kappa shape index (κ2) is 6.16. The molecule has 0 spiro atoms. The summed E-state index contributed by atoms with van der Waals surface area (Å²) in [5.74, 6) is -0.317. The van der Waals surface area contributed by atoms with Gasteiger partial charge in [0.05, 0.1) is 11.5 Å². The lowest BCUT2D eigenvalue weighted by molar-refractivity contribution is 0.0637. The van der Waals surface area contributed by atoms with Gasteiger partial charge in [-0.05, 0) is 44.7 Å². The van der Waals surface area contributed by atoms with E-state index < -0.39 is 5.97 Å². The van der Waals surface area contributed by atoms with Crippen molar-refractivity contribution in [3.05, 3.63) is 45.3 Å². The fraction of sp³-hybridized carbons (Fsp3) is 0.444. The molecule has 2 aromatic rings. The van der Waals surface area contributed by atoms with Crippen LogP contribution in [0.2, 0.25) is 0 Å². The summed E-state index contributed by atoms with van der Waals surface area (Å²) in [6.07, 6.45) is 3.85. The second-order valence-electron chi connectivity index (χ2n) is 6.12. The minimum absolute atomic E-state index is 0.0337. The van der Waals surface area contributed by atoms with Gasteiger partial charge in [-0.15, -0.1) is 0 Å². The SMILES string of the molecule is COC1CCC(c2oc3c(C(=O)O)cccc3c(=O)c2C)CC1. The molecule has 0 bridgehead atoms. The lowest BCUT2D eigenvalue weighted by Gasteiger charge is -2.27. The summed E-state index contributed by atoms with van der Waals surface area (Å²) in [5, 5.41) is 9.66. The molecule has 3 rings (SSSR count). The molecule has 1 fully saturated rings. The Hall–Kier alpha value is -2.14. The normalized spacial score (nSPS) is 21.5. The molecule has 5 heteroatoms. The number of benzene rings is 1. The number of fused-ring (bicyclic) bond motifs is 1. The molecule has 122 valence electrons. The summed E-state index contributed by atoms with van der Waals surface area (Å²) in [6, 6.07) is 4.66. The maximum Gasteiger partial charge on any atom is 0.339 e. The number of carboxylic acid groups (broad SMARTS) is 1. The number of rotatable bonds is 3. The minimum Gasteiger partial charge on any atom is -0.478 e. The van der Waals surface area contributed by atoms with E-state index in [2.05, 4.69) is 0 Å². The number of carbonyl (C=O) groups is 1. The second-order valence-corrected chi connectivity index (χ2v) is 6.12. The highest BCUT2D eigenvalue weighted by Gasteiger charge is 2.27. The molecule has 1 heterocycles. The third-order valence-corrected chi connectivity index (χ3v) is 4.79. The summed E-state index contributed by atoms with van der Waals surface area (Å²) < 4.78 is 11.3. The Morgan fingerprint density at radius 2 is 1.96 bits per heavy atom. The van der Waals surface area contributed by atoms with Crippen LogP contribution in [0.15, 0.2) is 27.4 Å². The van der Waals surface area contributed by atoms with Gasteiger partial charge in [0.15, 0.2) is 11.0 Å². The van der Waals surface area contributed by atoms with Gasteiger partial charge >= 0.3 is 5.97 Å². The molecule has 5 nitrogen and oxygen atoms in total. The van der Waals surface area contributed by atoms with E-state index in [-0.39, 0.29) is 28.6 Å². The van der Waals surface area contributed by atoms with Gasteiger partial charge in [0.1, 0.15) is 11.3 Å². The van der Waals surface area contributed by atoms with Crippen LogP contribution in [0.3, 0.4) is 0 Å². The minimum atomic E-state index is -1.09. The van der Waals surface area contributed by atoms with Crippen LogP contribution in [0, 0.1) is 6.92 Å². The summed E-state index contributed by atoms with van der Waals surface area (Å²) in [7, 11) is 1.71. The maximum atomic E-state index is 12.6. The number of hydrogen-bond acceptors (Lipinski definition) is 4. The van der Waals surface area contributed by atoms with Crippen molar-refractivity contribution >= 4 is 16.9 Å². The van der Waals surface area contributed by atoms with Gasteiger partial charge < -0.3 is 14.3 Å². The van der Waals surface area contributed by atoms with Crippen LogP contribution in [-0.4, -0.2) is 24.3 Å². The fourth-order valence-electron chi connectivity index (χ4n) is 3.44. The first-order valence-corrected chi connectivity index (χ1v) is 7.85. The molecule has 0 unspecified atom stereocenters. The van der Waals surface area contributed by atoms with Gasteiger partial charge in [0.25, 0.3) is 0 Å². The Labute approximate surface area is 133 Å². The van der Waals surface area contributed by atoms with Crippen molar-refractivity contribution in [2.75, 3.05) is 7.11 Å².